The number of hydrogen-bond acceptors (Lipinski definition) is 6. The highest BCUT2D eigenvalue weighted by molar-refractivity contribution is 5.97. The number of aryl methyl sites for hydroxylation is 1. The number of aromatic amines is 1. The number of rotatable bonds is 3. The van der Waals surface area contributed by atoms with E-state index < -0.39 is 60.5 Å². The van der Waals surface area contributed by atoms with Gasteiger partial charge in [-0.3, -0.25) is 14.2 Å². The van der Waals surface area contributed by atoms with Crippen LogP contribution in [-0.2, 0) is 5.66 Å². The Bertz CT molecular complexity index is 1400. The molecule has 0 radical (unpaired) electrons. The molecular formula is C21H19F5N6O3. The standard InChI is InChI=1S/C21H19F5N6O3/c1-10-8-12(30-15-11-2-7-27-14(11)28-9-29-15)17(34)32-13(10)16(33)31-19(32)5-3-18(35,4-6-19)20(22,23)21(24,25)26/h2,7-9,35H,3-6H2,1H3,(H,31,33)(H2,27,28,29,30). The summed E-state index contributed by atoms with van der Waals surface area (Å²) in [6.07, 6.45) is -6.04. The summed E-state index contributed by atoms with van der Waals surface area (Å²) in [6, 6.07) is 3.12. The summed E-state index contributed by atoms with van der Waals surface area (Å²) in [5.74, 6) is -5.72. The Labute approximate surface area is 193 Å². The molecule has 5 rings (SSSR count). The molecular weight excluding hydrogens is 479 g/mol. The third-order valence-corrected chi connectivity index (χ3v) is 6.83. The van der Waals surface area contributed by atoms with Gasteiger partial charge in [0, 0.05) is 6.20 Å². The molecule has 0 bridgehead atoms. The van der Waals surface area contributed by atoms with Crippen molar-refractivity contribution in [2.75, 3.05) is 5.32 Å². The summed E-state index contributed by atoms with van der Waals surface area (Å²) in [5, 5.41) is 16.3. The number of aromatic nitrogens is 4. The quantitative estimate of drug-likeness (QED) is 0.412. The van der Waals surface area contributed by atoms with Gasteiger partial charge in [-0.25, -0.2) is 9.97 Å². The fourth-order valence-corrected chi connectivity index (χ4v) is 4.95. The van der Waals surface area contributed by atoms with Gasteiger partial charge in [0.25, 0.3) is 11.5 Å². The second-order valence-electron chi connectivity index (χ2n) is 8.91. The Hall–Kier alpha value is -3.55. The minimum absolute atomic E-state index is 0.0183. The Morgan fingerprint density at radius 2 is 1.80 bits per heavy atom. The molecule has 186 valence electrons. The van der Waals surface area contributed by atoms with Gasteiger partial charge in [-0.1, -0.05) is 0 Å². The van der Waals surface area contributed by atoms with E-state index in [0.717, 1.165) is 4.57 Å². The molecule has 1 saturated carbocycles. The lowest BCUT2D eigenvalue weighted by molar-refractivity contribution is -0.349. The molecule has 14 heteroatoms. The second-order valence-corrected chi connectivity index (χ2v) is 8.91. The van der Waals surface area contributed by atoms with Crippen molar-refractivity contribution in [1.29, 1.82) is 0 Å². The zero-order valence-electron chi connectivity index (χ0n) is 18.1. The molecule has 1 amide bonds. The monoisotopic (exact) mass is 498 g/mol. The Morgan fingerprint density at radius 3 is 2.46 bits per heavy atom. The summed E-state index contributed by atoms with van der Waals surface area (Å²) >= 11 is 0. The fourth-order valence-electron chi connectivity index (χ4n) is 4.95. The highest BCUT2D eigenvalue weighted by Gasteiger charge is 2.71. The zero-order chi connectivity index (χ0) is 25.4. The maximum Gasteiger partial charge on any atom is 0.456 e. The summed E-state index contributed by atoms with van der Waals surface area (Å²) in [6.45, 7) is 1.57. The van der Waals surface area contributed by atoms with E-state index in [4.69, 9.17) is 0 Å². The van der Waals surface area contributed by atoms with E-state index in [1.807, 2.05) is 0 Å². The largest absolute Gasteiger partial charge is 0.456 e. The topological polar surface area (TPSA) is 125 Å². The molecule has 1 spiro atoms. The maximum absolute atomic E-state index is 14.0. The minimum Gasteiger partial charge on any atom is -0.383 e. The van der Waals surface area contributed by atoms with Crippen molar-refractivity contribution < 1.29 is 31.9 Å². The first-order chi connectivity index (χ1) is 16.3. The van der Waals surface area contributed by atoms with Crippen LogP contribution in [0.5, 0.6) is 0 Å². The molecule has 1 fully saturated rings. The fraction of sp³-hybridized carbons (Fsp3) is 0.429. The molecule has 4 N–H and O–H groups in total. The second kappa shape index (κ2) is 7.23. The number of alkyl halides is 5. The van der Waals surface area contributed by atoms with Crippen LogP contribution >= 0.6 is 0 Å². The lowest BCUT2D eigenvalue weighted by Crippen LogP contribution is -2.62. The number of nitrogens with zero attached hydrogens (tertiary/aromatic N) is 3. The number of anilines is 2. The number of nitrogens with one attached hydrogen (secondary N) is 3. The highest BCUT2D eigenvalue weighted by atomic mass is 19.4. The number of hydrogen-bond donors (Lipinski definition) is 4. The molecule has 0 atom stereocenters. The molecule has 4 heterocycles. The van der Waals surface area contributed by atoms with E-state index in [1.54, 1.807) is 19.2 Å². The van der Waals surface area contributed by atoms with Crippen LogP contribution in [0, 0.1) is 6.92 Å². The minimum atomic E-state index is -5.95. The molecule has 35 heavy (non-hydrogen) atoms. The van der Waals surface area contributed by atoms with Gasteiger partial charge in [0.15, 0.2) is 0 Å². The van der Waals surface area contributed by atoms with Crippen LogP contribution in [0.15, 0.2) is 29.5 Å². The third kappa shape index (κ3) is 3.22. The van der Waals surface area contributed by atoms with Crippen LogP contribution in [0.2, 0.25) is 0 Å². The summed E-state index contributed by atoms with van der Waals surface area (Å²) < 4.78 is 68.0. The van der Waals surface area contributed by atoms with E-state index in [1.165, 1.54) is 12.4 Å². The first kappa shape index (κ1) is 23.2. The molecule has 0 aromatic carbocycles. The number of aliphatic hydroxyl groups is 1. The zero-order valence-corrected chi connectivity index (χ0v) is 18.1. The molecule has 2 aliphatic rings. The van der Waals surface area contributed by atoms with Crippen LogP contribution in [-0.4, -0.2) is 48.2 Å². The summed E-state index contributed by atoms with van der Waals surface area (Å²) in [7, 11) is 0. The predicted octanol–water partition coefficient (Wildman–Crippen LogP) is 3.07. The van der Waals surface area contributed by atoms with Crippen molar-refractivity contribution in [2.45, 2.75) is 56.0 Å². The molecule has 3 aromatic heterocycles. The Kier molecular flexibility index (Phi) is 4.79. The SMILES string of the molecule is Cc1cc(Nc2ncnc3[nH]ccc23)c(=O)n2c1C(=O)NC21CCC(O)(C(F)(F)C(F)(F)F)CC1. The van der Waals surface area contributed by atoms with Gasteiger partial charge in [0.2, 0.25) is 0 Å². The molecule has 3 aromatic rings. The van der Waals surface area contributed by atoms with Gasteiger partial charge in [0.05, 0.1) is 5.39 Å². The van der Waals surface area contributed by atoms with Crippen LogP contribution < -0.4 is 16.2 Å². The molecule has 1 aliphatic heterocycles. The van der Waals surface area contributed by atoms with E-state index in [-0.39, 0.29) is 11.4 Å². The summed E-state index contributed by atoms with van der Waals surface area (Å²) in [4.78, 5) is 37.3. The van der Waals surface area contributed by atoms with E-state index in [9.17, 15) is 36.6 Å². The van der Waals surface area contributed by atoms with E-state index in [0.29, 0.717) is 22.4 Å². The molecule has 0 unspecified atom stereocenters. The number of carbonyl (C=O) groups is 1. The van der Waals surface area contributed by atoms with Crippen molar-refractivity contribution in [3.05, 3.63) is 46.3 Å². The van der Waals surface area contributed by atoms with Gasteiger partial charge in [-0.2, -0.15) is 22.0 Å². The van der Waals surface area contributed by atoms with E-state index in [2.05, 4.69) is 25.6 Å². The molecule has 9 nitrogen and oxygen atoms in total. The van der Waals surface area contributed by atoms with Crippen molar-refractivity contribution >= 4 is 28.4 Å². The smallest absolute Gasteiger partial charge is 0.383 e. The van der Waals surface area contributed by atoms with Crippen LogP contribution in [0.3, 0.4) is 0 Å². The van der Waals surface area contributed by atoms with Crippen molar-refractivity contribution in [1.82, 2.24) is 24.8 Å². The van der Waals surface area contributed by atoms with Crippen molar-refractivity contribution in [3.8, 4) is 0 Å². The average Bonchev–Trinajstić information content (AvgIpc) is 3.37. The van der Waals surface area contributed by atoms with Crippen LogP contribution in [0.1, 0.15) is 41.7 Å². The third-order valence-electron chi connectivity index (χ3n) is 6.83. The lowest BCUT2D eigenvalue weighted by atomic mass is 9.74. The highest BCUT2D eigenvalue weighted by Crippen LogP contribution is 2.52. The lowest BCUT2D eigenvalue weighted by Gasteiger charge is -2.45. The Morgan fingerprint density at radius 1 is 1.11 bits per heavy atom. The average molecular weight is 498 g/mol. The van der Waals surface area contributed by atoms with Gasteiger partial charge < -0.3 is 20.7 Å². The van der Waals surface area contributed by atoms with Crippen LogP contribution in [0.25, 0.3) is 11.0 Å². The molecule has 1 aliphatic carbocycles. The van der Waals surface area contributed by atoms with Gasteiger partial charge >= 0.3 is 12.1 Å². The number of H-pyrrole nitrogens is 1. The number of amides is 1. The summed E-state index contributed by atoms with van der Waals surface area (Å²) in [5.41, 5.74) is -4.74. The number of fused-ring (bicyclic) bond motifs is 3. The normalized spacial score (nSPS) is 24.6. The first-order valence-corrected chi connectivity index (χ1v) is 10.6. The predicted molar refractivity (Wildman–Crippen MR) is 112 cm³/mol. The number of pyridine rings is 1. The van der Waals surface area contributed by atoms with Gasteiger partial charge in [0.1, 0.15) is 40.4 Å². The van der Waals surface area contributed by atoms with E-state index >= 15 is 0 Å². The number of carbonyl (C=O) groups excluding carboxylic acids is 1. The van der Waals surface area contributed by atoms with Crippen LogP contribution in [0.4, 0.5) is 33.5 Å². The van der Waals surface area contributed by atoms with Gasteiger partial charge in [-0.15, -0.1) is 0 Å². The first-order valence-electron chi connectivity index (χ1n) is 10.6. The number of halogens is 5. The van der Waals surface area contributed by atoms with Crippen molar-refractivity contribution in [2.24, 2.45) is 0 Å². The van der Waals surface area contributed by atoms with Gasteiger partial charge in [-0.05, 0) is 50.3 Å². The van der Waals surface area contributed by atoms with Crippen molar-refractivity contribution in [3.63, 3.8) is 0 Å². The Balaban J connectivity index is 1.55. The molecule has 0 saturated heterocycles. The maximum atomic E-state index is 14.0.